The summed E-state index contributed by atoms with van der Waals surface area (Å²) in [5, 5.41) is 8.90. The zero-order valence-corrected chi connectivity index (χ0v) is 6.37. The lowest BCUT2D eigenvalue weighted by atomic mass is 10.1. The van der Waals surface area contributed by atoms with E-state index in [1.807, 2.05) is 6.92 Å². The van der Waals surface area contributed by atoms with Crippen molar-refractivity contribution in [1.82, 2.24) is 0 Å². The van der Waals surface area contributed by atoms with Gasteiger partial charge in [0.05, 0.1) is 6.61 Å². The molecular weight excluding hydrogens is 134 g/mol. The molecule has 0 aromatic carbocycles. The van der Waals surface area contributed by atoms with Crippen molar-refractivity contribution in [2.45, 2.75) is 26.7 Å². The highest BCUT2D eigenvalue weighted by atomic mass is 16.9. The van der Waals surface area contributed by atoms with Crippen molar-refractivity contribution in [2.75, 3.05) is 6.61 Å². The molecule has 0 saturated carbocycles. The second-order valence-electron chi connectivity index (χ2n) is 2.36. The molecule has 0 fully saturated rings. The molecule has 0 radical (unpaired) electrons. The fourth-order valence-electron chi connectivity index (χ4n) is 0.533. The molecule has 0 heterocycles. The second kappa shape index (κ2) is 5.02. The normalized spacial score (nSPS) is 12.6. The van der Waals surface area contributed by atoms with E-state index >= 15 is 0 Å². The highest BCUT2D eigenvalue weighted by molar-refractivity contribution is 4.46. The van der Waals surface area contributed by atoms with Gasteiger partial charge in [0, 0.05) is 0 Å². The van der Waals surface area contributed by atoms with Gasteiger partial charge in [-0.05, 0) is 12.3 Å². The minimum absolute atomic E-state index is 0.224. The molecule has 1 atom stereocenters. The third kappa shape index (κ3) is 5.34. The smallest absolute Gasteiger partial charge is 0.294 e. The van der Waals surface area contributed by atoms with Gasteiger partial charge in [-0.2, -0.15) is 0 Å². The Labute approximate surface area is 60.3 Å². The van der Waals surface area contributed by atoms with E-state index in [-0.39, 0.29) is 6.61 Å². The molecule has 0 bridgehead atoms. The topological polar surface area (TPSA) is 52.4 Å². The summed E-state index contributed by atoms with van der Waals surface area (Å²) in [6.07, 6.45) is 1.80. The van der Waals surface area contributed by atoms with Crippen LogP contribution in [0, 0.1) is 16.0 Å². The molecule has 0 aliphatic carbocycles. The fourth-order valence-corrected chi connectivity index (χ4v) is 0.533. The van der Waals surface area contributed by atoms with E-state index in [9.17, 15) is 10.1 Å². The van der Waals surface area contributed by atoms with Crippen LogP contribution in [0.4, 0.5) is 0 Å². The first kappa shape index (κ1) is 9.20. The Kier molecular flexibility index (Phi) is 4.62. The van der Waals surface area contributed by atoms with Crippen LogP contribution < -0.4 is 0 Å². The molecule has 0 aromatic rings. The molecule has 0 N–H and O–H groups in total. The average molecular weight is 147 g/mol. The van der Waals surface area contributed by atoms with Gasteiger partial charge in [-0.3, -0.25) is 0 Å². The third-order valence-electron chi connectivity index (χ3n) is 1.50. The van der Waals surface area contributed by atoms with Crippen LogP contribution >= 0.6 is 0 Å². The Bertz CT molecular complexity index is 105. The van der Waals surface area contributed by atoms with Gasteiger partial charge in [-0.25, -0.2) is 0 Å². The van der Waals surface area contributed by atoms with Gasteiger partial charge in [0.15, 0.2) is 0 Å². The lowest BCUT2D eigenvalue weighted by Gasteiger charge is -2.05. The molecule has 60 valence electrons. The predicted molar refractivity (Wildman–Crippen MR) is 37.0 cm³/mol. The van der Waals surface area contributed by atoms with Crippen LogP contribution in [0.5, 0.6) is 0 Å². The van der Waals surface area contributed by atoms with Crippen molar-refractivity contribution in [2.24, 2.45) is 5.92 Å². The van der Waals surface area contributed by atoms with E-state index < -0.39 is 5.09 Å². The first-order chi connectivity index (χ1) is 4.66. The van der Waals surface area contributed by atoms with E-state index in [0.29, 0.717) is 5.92 Å². The zero-order valence-electron chi connectivity index (χ0n) is 6.37. The Hall–Kier alpha value is -0.800. The quantitative estimate of drug-likeness (QED) is 0.438. The maximum Gasteiger partial charge on any atom is 0.294 e. The summed E-state index contributed by atoms with van der Waals surface area (Å²) in [6.45, 7) is 4.32. The minimum Gasteiger partial charge on any atom is -0.314 e. The van der Waals surface area contributed by atoms with Crippen LogP contribution in [-0.4, -0.2) is 11.7 Å². The van der Waals surface area contributed by atoms with Crippen LogP contribution in [0.15, 0.2) is 0 Å². The number of hydrogen-bond donors (Lipinski definition) is 0. The summed E-state index contributed by atoms with van der Waals surface area (Å²) < 4.78 is 0. The summed E-state index contributed by atoms with van der Waals surface area (Å²) in [7, 11) is 0. The van der Waals surface area contributed by atoms with Crippen LogP contribution in [0.25, 0.3) is 0 Å². The number of hydrogen-bond acceptors (Lipinski definition) is 3. The molecular formula is C6H13NO3. The average Bonchev–Trinajstić information content (AvgIpc) is 1.87. The molecule has 0 aliphatic rings. The largest absolute Gasteiger partial charge is 0.314 e. The fraction of sp³-hybridized carbons (Fsp3) is 1.00. The SMILES string of the molecule is CCC(C)CCO[N+](=O)[O-]. The van der Waals surface area contributed by atoms with E-state index in [4.69, 9.17) is 0 Å². The first-order valence-corrected chi connectivity index (χ1v) is 3.44. The molecule has 10 heavy (non-hydrogen) atoms. The van der Waals surface area contributed by atoms with Crippen molar-refractivity contribution in [3.05, 3.63) is 10.1 Å². The lowest BCUT2D eigenvalue weighted by Crippen LogP contribution is -2.05. The van der Waals surface area contributed by atoms with E-state index in [2.05, 4.69) is 11.8 Å². The summed E-state index contributed by atoms with van der Waals surface area (Å²) in [6, 6.07) is 0. The van der Waals surface area contributed by atoms with Crippen LogP contribution in [-0.2, 0) is 4.84 Å². The summed E-state index contributed by atoms with van der Waals surface area (Å²) in [5.41, 5.74) is 0. The van der Waals surface area contributed by atoms with Crippen molar-refractivity contribution >= 4 is 0 Å². The Morgan fingerprint density at radius 1 is 1.70 bits per heavy atom. The molecule has 0 saturated heterocycles. The summed E-state index contributed by atoms with van der Waals surface area (Å²) in [5.74, 6) is 0.514. The molecule has 0 rings (SSSR count). The second-order valence-corrected chi connectivity index (χ2v) is 2.36. The Morgan fingerprint density at radius 2 is 2.30 bits per heavy atom. The standard InChI is InChI=1S/C6H13NO3/c1-3-6(2)4-5-10-7(8)9/h6H,3-5H2,1-2H3. The van der Waals surface area contributed by atoms with Gasteiger partial charge in [0.1, 0.15) is 0 Å². The molecule has 0 spiro atoms. The monoisotopic (exact) mass is 147 g/mol. The molecule has 4 heteroatoms. The van der Waals surface area contributed by atoms with Crippen molar-refractivity contribution in [1.29, 1.82) is 0 Å². The third-order valence-corrected chi connectivity index (χ3v) is 1.50. The van der Waals surface area contributed by atoms with E-state index in [0.717, 1.165) is 12.8 Å². The van der Waals surface area contributed by atoms with Crippen molar-refractivity contribution in [3.63, 3.8) is 0 Å². The Balaban J connectivity index is 3.11. The number of nitrogens with zero attached hydrogens (tertiary/aromatic N) is 1. The first-order valence-electron chi connectivity index (χ1n) is 3.44. The van der Waals surface area contributed by atoms with E-state index in [1.54, 1.807) is 0 Å². The van der Waals surface area contributed by atoms with Crippen LogP contribution in [0.2, 0.25) is 0 Å². The van der Waals surface area contributed by atoms with Crippen LogP contribution in [0.1, 0.15) is 26.7 Å². The van der Waals surface area contributed by atoms with Crippen molar-refractivity contribution in [3.8, 4) is 0 Å². The van der Waals surface area contributed by atoms with E-state index in [1.165, 1.54) is 0 Å². The molecule has 0 amide bonds. The van der Waals surface area contributed by atoms with Gasteiger partial charge in [-0.1, -0.05) is 20.3 Å². The van der Waals surface area contributed by atoms with Gasteiger partial charge < -0.3 is 4.84 Å². The highest BCUT2D eigenvalue weighted by Gasteiger charge is 1.99. The van der Waals surface area contributed by atoms with Crippen LogP contribution in [0.3, 0.4) is 0 Å². The minimum atomic E-state index is -0.748. The Morgan fingerprint density at radius 3 is 2.70 bits per heavy atom. The van der Waals surface area contributed by atoms with Gasteiger partial charge in [0.2, 0.25) is 0 Å². The van der Waals surface area contributed by atoms with Gasteiger partial charge in [-0.15, -0.1) is 10.1 Å². The highest BCUT2D eigenvalue weighted by Crippen LogP contribution is 2.05. The molecule has 4 nitrogen and oxygen atoms in total. The summed E-state index contributed by atoms with van der Waals surface area (Å²) >= 11 is 0. The zero-order chi connectivity index (χ0) is 7.98. The maximum absolute atomic E-state index is 9.65. The van der Waals surface area contributed by atoms with Crippen molar-refractivity contribution < 1.29 is 9.92 Å². The summed E-state index contributed by atoms with van der Waals surface area (Å²) in [4.78, 5) is 13.8. The molecule has 1 unspecified atom stereocenters. The lowest BCUT2D eigenvalue weighted by molar-refractivity contribution is -0.758. The molecule has 0 aromatic heterocycles. The predicted octanol–water partition coefficient (Wildman–Crippen LogP) is 1.63. The molecule has 0 aliphatic heterocycles. The number of rotatable bonds is 5. The maximum atomic E-state index is 9.65. The van der Waals surface area contributed by atoms with Gasteiger partial charge >= 0.3 is 0 Å². The van der Waals surface area contributed by atoms with Gasteiger partial charge in [0.25, 0.3) is 5.09 Å².